The van der Waals surface area contributed by atoms with Crippen molar-refractivity contribution in [1.82, 2.24) is 4.90 Å². The molecule has 4 aromatic rings. The zero-order chi connectivity index (χ0) is 25.3. The molecule has 0 amide bonds. The lowest BCUT2D eigenvalue weighted by molar-refractivity contribution is -0.145. The molecule has 0 spiro atoms. The Kier molecular flexibility index (Phi) is 8.64. The average Bonchev–Trinajstić information content (AvgIpc) is 2.91. The van der Waals surface area contributed by atoms with E-state index in [0.717, 1.165) is 22.3 Å². The van der Waals surface area contributed by atoms with Gasteiger partial charge in [-0.1, -0.05) is 91.0 Å². The van der Waals surface area contributed by atoms with Crippen LogP contribution in [0.4, 0.5) is 4.39 Å². The summed E-state index contributed by atoms with van der Waals surface area (Å²) < 4.78 is 19.4. The number of hydrogen-bond donors (Lipinski definition) is 0. The topological polar surface area (TPSA) is 29.5 Å². The number of carbonyl (C=O) groups is 1. The van der Waals surface area contributed by atoms with Crippen molar-refractivity contribution in [3.05, 3.63) is 132 Å². The first kappa shape index (κ1) is 25.3. The molecule has 4 rings (SSSR count). The standard InChI is InChI=1S/C32H32FNO2/c1-3-36-32(35)22-31(29-18-10-16-27(20-29)28-17-11-19-30(33)21-28)34(23-25-12-6-4-7-13-25)24(2)26-14-8-5-9-15-26/h4-21,24,31H,3,22-23H2,1-2H3/t24-,31+/m1/s1. The molecule has 36 heavy (non-hydrogen) atoms. The number of benzene rings is 4. The molecule has 0 N–H and O–H groups in total. The lowest BCUT2D eigenvalue weighted by Crippen LogP contribution is -2.33. The van der Waals surface area contributed by atoms with E-state index in [-0.39, 0.29) is 30.3 Å². The molecule has 3 nitrogen and oxygen atoms in total. The second-order valence-corrected chi connectivity index (χ2v) is 8.91. The van der Waals surface area contributed by atoms with Gasteiger partial charge in [-0.05, 0) is 59.9 Å². The van der Waals surface area contributed by atoms with E-state index in [2.05, 4.69) is 42.2 Å². The van der Waals surface area contributed by atoms with Gasteiger partial charge in [0.1, 0.15) is 5.82 Å². The first-order chi connectivity index (χ1) is 17.5. The van der Waals surface area contributed by atoms with Crippen LogP contribution in [0.15, 0.2) is 109 Å². The van der Waals surface area contributed by atoms with E-state index in [1.807, 2.05) is 67.6 Å². The minimum absolute atomic E-state index is 0.0312. The lowest BCUT2D eigenvalue weighted by Gasteiger charge is -2.37. The van der Waals surface area contributed by atoms with E-state index in [1.165, 1.54) is 17.7 Å². The molecule has 0 fully saturated rings. The van der Waals surface area contributed by atoms with Crippen LogP contribution in [-0.4, -0.2) is 17.5 Å². The SMILES string of the molecule is CCOC(=O)C[C@@H](c1cccc(-c2cccc(F)c2)c1)N(Cc1ccccc1)[C@H](C)c1ccccc1. The van der Waals surface area contributed by atoms with Crippen LogP contribution in [0.5, 0.6) is 0 Å². The summed E-state index contributed by atoms with van der Waals surface area (Å²) in [5.74, 6) is -0.513. The first-order valence-electron chi connectivity index (χ1n) is 12.4. The average molecular weight is 482 g/mol. The van der Waals surface area contributed by atoms with Crippen molar-refractivity contribution in [3.8, 4) is 11.1 Å². The number of hydrogen-bond acceptors (Lipinski definition) is 3. The van der Waals surface area contributed by atoms with E-state index in [9.17, 15) is 9.18 Å². The summed E-state index contributed by atoms with van der Waals surface area (Å²) in [7, 11) is 0. The predicted molar refractivity (Wildman–Crippen MR) is 143 cm³/mol. The minimum atomic E-state index is -0.274. The molecular weight excluding hydrogens is 449 g/mol. The molecule has 0 aromatic heterocycles. The number of halogens is 1. The van der Waals surface area contributed by atoms with Crippen LogP contribution >= 0.6 is 0 Å². The van der Waals surface area contributed by atoms with Gasteiger partial charge < -0.3 is 4.74 Å². The van der Waals surface area contributed by atoms with Crippen LogP contribution in [-0.2, 0) is 16.1 Å². The Morgan fingerprint density at radius 3 is 2.08 bits per heavy atom. The van der Waals surface area contributed by atoms with Gasteiger partial charge in [-0.2, -0.15) is 0 Å². The van der Waals surface area contributed by atoms with Crippen molar-refractivity contribution in [3.63, 3.8) is 0 Å². The third-order valence-corrected chi connectivity index (χ3v) is 6.48. The molecule has 0 aliphatic rings. The van der Waals surface area contributed by atoms with Crippen molar-refractivity contribution in [2.24, 2.45) is 0 Å². The van der Waals surface area contributed by atoms with Gasteiger partial charge in [-0.15, -0.1) is 0 Å². The van der Waals surface area contributed by atoms with Gasteiger partial charge in [0, 0.05) is 18.6 Å². The molecule has 0 heterocycles. The van der Waals surface area contributed by atoms with Crippen molar-refractivity contribution in [1.29, 1.82) is 0 Å². The molecule has 184 valence electrons. The lowest BCUT2D eigenvalue weighted by atomic mass is 9.94. The van der Waals surface area contributed by atoms with E-state index >= 15 is 0 Å². The molecular formula is C32H32FNO2. The summed E-state index contributed by atoms with van der Waals surface area (Å²) in [6, 6.07) is 35.1. The Balaban J connectivity index is 1.79. The molecule has 0 aliphatic heterocycles. The molecule has 4 aromatic carbocycles. The minimum Gasteiger partial charge on any atom is -0.466 e. The van der Waals surface area contributed by atoms with Crippen molar-refractivity contribution < 1.29 is 13.9 Å². The van der Waals surface area contributed by atoms with Crippen LogP contribution < -0.4 is 0 Å². The van der Waals surface area contributed by atoms with E-state index in [1.54, 1.807) is 6.07 Å². The Labute approximate surface area is 213 Å². The largest absolute Gasteiger partial charge is 0.466 e. The Bertz CT molecular complexity index is 1260. The maximum absolute atomic E-state index is 14.0. The van der Waals surface area contributed by atoms with Gasteiger partial charge in [-0.25, -0.2) is 4.39 Å². The summed E-state index contributed by atoms with van der Waals surface area (Å²) in [4.78, 5) is 15.2. The van der Waals surface area contributed by atoms with E-state index < -0.39 is 0 Å². The van der Waals surface area contributed by atoms with Gasteiger partial charge in [0.25, 0.3) is 0 Å². The summed E-state index contributed by atoms with van der Waals surface area (Å²) in [6.45, 7) is 4.99. The molecule has 4 heteroatoms. The molecule has 0 aliphatic carbocycles. The van der Waals surface area contributed by atoms with Gasteiger partial charge in [0.05, 0.1) is 13.0 Å². The highest BCUT2D eigenvalue weighted by atomic mass is 19.1. The molecule has 2 atom stereocenters. The highest BCUT2D eigenvalue weighted by Gasteiger charge is 2.29. The number of nitrogens with zero attached hydrogens (tertiary/aromatic N) is 1. The normalized spacial score (nSPS) is 12.8. The second-order valence-electron chi connectivity index (χ2n) is 8.91. The second kappa shape index (κ2) is 12.3. The van der Waals surface area contributed by atoms with Gasteiger partial charge >= 0.3 is 5.97 Å². The smallest absolute Gasteiger partial charge is 0.307 e. The Morgan fingerprint density at radius 1 is 0.806 bits per heavy atom. The zero-order valence-corrected chi connectivity index (χ0v) is 20.8. The van der Waals surface area contributed by atoms with Crippen molar-refractivity contribution in [2.75, 3.05) is 6.61 Å². The van der Waals surface area contributed by atoms with Crippen LogP contribution in [0.3, 0.4) is 0 Å². The molecule has 0 radical (unpaired) electrons. The zero-order valence-electron chi connectivity index (χ0n) is 20.8. The summed E-state index contributed by atoms with van der Waals surface area (Å²) in [6.07, 6.45) is 0.213. The number of carbonyl (C=O) groups excluding carboxylic acids is 1. The third-order valence-electron chi connectivity index (χ3n) is 6.48. The van der Waals surface area contributed by atoms with Crippen LogP contribution in [0.2, 0.25) is 0 Å². The van der Waals surface area contributed by atoms with Gasteiger partial charge in [-0.3, -0.25) is 9.69 Å². The van der Waals surface area contributed by atoms with Crippen LogP contribution in [0, 0.1) is 5.82 Å². The maximum atomic E-state index is 14.0. The van der Waals surface area contributed by atoms with Crippen LogP contribution in [0.25, 0.3) is 11.1 Å². The third kappa shape index (κ3) is 6.46. The van der Waals surface area contributed by atoms with E-state index in [4.69, 9.17) is 4.74 Å². The molecule has 0 saturated heterocycles. The Morgan fingerprint density at radius 2 is 1.42 bits per heavy atom. The highest BCUT2D eigenvalue weighted by molar-refractivity contribution is 5.71. The quantitative estimate of drug-likeness (QED) is 0.217. The summed E-state index contributed by atoms with van der Waals surface area (Å²) in [5.41, 5.74) is 5.04. The van der Waals surface area contributed by atoms with Crippen molar-refractivity contribution in [2.45, 2.75) is 38.9 Å². The summed E-state index contributed by atoms with van der Waals surface area (Å²) >= 11 is 0. The van der Waals surface area contributed by atoms with Gasteiger partial charge in [0.15, 0.2) is 0 Å². The van der Waals surface area contributed by atoms with Crippen LogP contribution in [0.1, 0.15) is 49.0 Å². The number of rotatable bonds is 10. The highest BCUT2D eigenvalue weighted by Crippen LogP contribution is 2.36. The van der Waals surface area contributed by atoms with E-state index in [0.29, 0.717) is 13.2 Å². The first-order valence-corrected chi connectivity index (χ1v) is 12.4. The molecule has 0 bridgehead atoms. The predicted octanol–water partition coefficient (Wildman–Crippen LogP) is 7.75. The van der Waals surface area contributed by atoms with Crippen molar-refractivity contribution >= 4 is 5.97 Å². The monoisotopic (exact) mass is 481 g/mol. The number of esters is 1. The molecule has 0 unspecified atom stereocenters. The Hall–Kier alpha value is -3.76. The summed E-state index contributed by atoms with van der Waals surface area (Å²) in [5, 5.41) is 0. The van der Waals surface area contributed by atoms with Gasteiger partial charge in [0.2, 0.25) is 0 Å². The molecule has 0 saturated carbocycles. The maximum Gasteiger partial charge on any atom is 0.307 e. The fraction of sp³-hybridized carbons (Fsp3) is 0.219. The fourth-order valence-corrected chi connectivity index (χ4v) is 4.63. The number of ether oxygens (including phenoxy) is 1. The fourth-order valence-electron chi connectivity index (χ4n) is 4.63.